The minimum Gasteiger partial charge on any atom is -0.475 e. The molecule has 2 heterocycles. The highest BCUT2D eigenvalue weighted by Gasteiger charge is 2.43. The summed E-state index contributed by atoms with van der Waals surface area (Å²) in [5, 5.41) is 7.12. The minimum absolute atomic E-state index is 0.000394. The Morgan fingerprint density at radius 3 is 2.52 bits per heavy atom. The van der Waals surface area contributed by atoms with E-state index in [4.69, 9.17) is 14.6 Å². The van der Waals surface area contributed by atoms with Crippen molar-refractivity contribution in [3.8, 4) is 0 Å². The number of carbonyl (C=O) groups is 1. The predicted molar refractivity (Wildman–Crippen MR) is 99.7 cm³/mol. The second-order valence-electron chi connectivity index (χ2n) is 7.36. The standard InChI is InChI=1S/C16H24N2O3S.C2HF3O2/c1-22(19,20)17-15-7-10-21-16(11-15)8-9-18(13-16)12-14-5-3-2-4-6-14;3-2(4,5)1(6)7/h2-6,15,17H,7-13H2,1H3;(H,6,7)/t15-,16+;/m0./s1. The maximum Gasteiger partial charge on any atom is 0.490 e. The van der Waals surface area contributed by atoms with E-state index >= 15 is 0 Å². The number of sulfonamides is 1. The second kappa shape index (κ2) is 9.41. The molecule has 0 radical (unpaired) electrons. The molecular weight excluding hydrogens is 413 g/mol. The van der Waals surface area contributed by atoms with Gasteiger partial charge in [-0.3, -0.25) is 4.90 Å². The molecule has 2 N–H and O–H groups in total. The van der Waals surface area contributed by atoms with Gasteiger partial charge in [-0.2, -0.15) is 13.2 Å². The van der Waals surface area contributed by atoms with Crippen LogP contribution in [0.2, 0.25) is 0 Å². The molecule has 7 nitrogen and oxygen atoms in total. The fourth-order valence-corrected chi connectivity index (χ4v) is 4.43. The SMILES string of the molecule is CS(=O)(=O)N[C@H]1CCO[C@]2(CCN(Cc3ccccc3)C2)C1.O=C(O)C(F)(F)F. The van der Waals surface area contributed by atoms with Crippen LogP contribution >= 0.6 is 0 Å². The molecule has 2 aliphatic heterocycles. The highest BCUT2D eigenvalue weighted by atomic mass is 32.2. The molecule has 2 fully saturated rings. The van der Waals surface area contributed by atoms with Crippen LogP contribution in [-0.2, 0) is 26.1 Å². The maximum atomic E-state index is 11.4. The lowest BCUT2D eigenvalue weighted by Gasteiger charge is -2.38. The lowest BCUT2D eigenvalue weighted by molar-refractivity contribution is -0.192. The molecule has 0 unspecified atom stereocenters. The molecule has 0 amide bonds. The van der Waals surface area contributed by atoms with Gasteiger partial charge in [0.05, 0.1) is 11.9 Å². The van der Waals surface area contributed by atoms with E-state index in [0.717, 1.165) is 38.9 Å². The van der Waals surface area contributed by atoms with Gasteiger partial charge in [0.1, 0.15) is 0 Å². The summed E-state index contributed by atoms with van der Waals surface area (Å²) >= 11 is 0. The van der Waals surface area contributed by atoms with Crippen LogP contribution < -0.4 is 4.72 Å². The Hall–Kier alpha value is -1.69. The number of rotatable bonds is 4. The molecule has 2 atom stereocenters. The summed E-state index contributed by atoms with van der Waals surface area (Å²) in [5.74, 6) is -2.76. The Labute approximate surface area is 167 Å². The molecular formula is C18H25F3N2O5S. The molecule has 164 valence electrons. The molecule has 1 spiro atoms. The third-order valence-electron chi connectivity index (χ3n) is 4.76. The van der Waals surface area contributed by atoms with E-state index in [1.54, 1.807) is 0 Å². The van der Waals surface area contributed by atoms with Crippen LogP contribution in [0.3, 0.4) is 0 Å². The van der Waals surface area contributed by atoms with Crippen LogP contribution in [0.1, 0.15) is 24.8 Å². The van der Waals surface area contributed by atoms with Gasteiger partial charge in [-0.1, -0.05) is 30.3 Å². The maximum absolute atomic E-state index is 11.4. The van der Waals surface area contributed by atoms with Gasteiger partial charge in [-0.25, -0.2) is 17.9 Å². The molecule has 0 aliphatic carbocycles. The molecule has 2 saturated heterocycles. The normalized spacial score (nSPS) is 25.4. The zero-order chi connectivity index (χ0) is 21.7. The van der Waals surface area contributed by atoms with Gasteiger partial charge in [-0.15, -0.1) is 0 Å². The number of hydrogen-bond donors (Lipinski definition) is 2. The second-order valence-corrected chi connectivity index (χ2v) is 9.14. The van der Waals surface area contributed by atoms with Gasteiger partial charge in [0.15, 0.2) is 0 Å². The van der Waals surface area contributed by atoms with Crippen molar-refractivity contribution in [3.05, 3.63) is 35.9 Å². The fourth-order valence-electron chi connectivity index (χ4n) is 3.62. The average molecular weight is 438 g/mol. The number of ether oxygens (including phenoxy) is 1. The van der Waals surface area contributed by atoms with Crippen molar-refractivity contribution in [1.29, 1.82) is 0 Å². The van der Waals surface area contributed by atoms with Crippen LogP contribution in [0.25, 0.3) is 0 Å². The van der Waals surface area contributed by atoms with Gasteiger partial charge in [0, 0.05) is 32.3 Å². The van der Waals surface area contributed by atoms with Crippen molar-refractivity contribution in [2.45, 2.75) is 43.6 Å². The first kappa shape index (κ1) is 23.6. The van der Waals surface area contributed by atoms with Gasteiger partial charge < -0.3 is 9.84 Å². The average Bonchev–Trinajstić information content (AvgIpc) is 2.95. The Morgan fingerprint density at radius 2 is 1.97 bits per heavy atom. The molecule has 1 aromatic rings. The van der Waals surface area contributed by atoms with Crippen molar-refractivity contribution in [2.24, 2.45) is 0 Å². The van der Waals surface area contributed by atoms with E-state index in [1.807, 2.05) is 6.07 Å². The number of carboxylic acids is 1. The van der Waals surface area contributed by atoms with E-state index in [9.17, 15) is 21.6 Å². The number of nitrogens with one attached hydrogen (secondary N) is 1. The molecule has 2 aliphatic rings. The van der Waals surface area contributed by atoms with Crippen LogP contribution in [0.5, 0.6) is 0 Å². The van der Waals surface area contributed by atoms with Gasteiger partial charge >= 0.3 is 12.1 Å². The van der Waals surface area contributed by atoms with Crippen molar-refractivity contribution < 1.29 is 36.2 Å². The zero-order valence-electron chi connectivity index (χ0n) is 16.0. The topological polar surface area (TPSA) is 95.9 Å². The van der Waals surface area contributed by atoms with Crippen LogP contribution in [0, 0.1) is 0 Å². The molecule has 0 saturated carbocycles. The van der Waals surface area contributed by atoms with E-state index in [0.29, 0.717) is 6.61 Å². The predicted octanol–water partition coefficient (Wildman–Crippen LogP) is 1.99. The first-order chi connectivity index (χ1) is 13.4. The number of hydrogen-bond acceptors (Lipinski definition) is 5. The Kier molecular flexibility index (Phi) is 7.66. The van der Waals surface area contributed by atoms with Gasteiger partial charge in [0.25, 0.3) is 0 Å². The minimum atomic E-state index is -5.08. The summed E-state index contributed by atoms with van der Waals surface area (Å²) in [6, 6.07) is 10.4. The summed E-state index contributed by atoms with van der Waals surface area (Å²) in [6.45, 7) is 3.44. The number of aliphatic carboxylic acids is 1. The third-order valence-corrected chi connectivity index (χ3v) is 5.52. The number of benzene rings is 1. The largest absolute Gasteiger partial charge is 0.490 e. The van der Waals surface area contributed by atoms with E-state index in [1.165, 1.54) is 11.8 Å². The van der Waals surface area contributed by atoms with Crippen molar-refractivity contribution in [3.63, 3.8) is 0 Å². The number of halogens is 3. The van der Waals surface area contributed by atoms with Crippen molar-refractivity contribution >= 4 is 16.0 Å². The molecule has 1 aromatic carbocycles. The van der Waals surface area contributed by atoms with E-state index in [2.05, 4.69) is 33.9 Å². The summed E-state index contributed by atoms with van der Waals surface area (Å²) in [5.41, 5.74) is 1.12. The monoisotopic (exact) mass is 438 g/mol. The number of nitrogens with zero attached hydrogens (tertiary/aromatic N) is 1. The molecule has 0 bridgehead atoms. The first-order valence-electron chi connectivity index (χ1n) is 9.06. The first-order valence-corrected chi connectivity index (χ1v) is 11.0. The Bertz CT molecular complexity index is 788. The lowest BCUT2D eigenvalue weighted by Crippen LogP contribution is -2.49. The van der Waals surface area contributed by atoms with E-state index < -0.39 is 22.2 Å². The molecule has 3 rings (SSSR count). The van der Waals surface area contributed by atoms with Gasteiger partial charge in [0.2, 0.25) is 10.0 Å². The summed E-state index contributed by atoms with van der Waals surface area (Å²) in [7, 11) is -3.15. The molecule has 11 heteroatoms. The van der Waals surface area contributed by atoms with Gasteiger partial charge in [-0.05, 0) is 24.8 Å². The number of alkyl halides is 3. The van der Waals surface area contributed by atoms with Crippen LogP contribution in [0.15, 0.2) is 30.3 Å². The third kappa shape index (κ3) is 7.92. The Balaban J connectivity index is 0.000000370. The quantitative estimate of drug-likeness (QED) is 0.747. The fraction of sp³-hybridized carbons (Fsp3) is 0.611. The summed E-state index contributed by atoms with van der Waals surface area (Å²) < 4.78 is 63.4. The smallest absolute Gasteiger partial charge is 0.475 e. The van der Waals surface area contributed by atoms with Crippen molar-refractivity contribution in [1.82, 2.24) is 9.62 Å². The molecule has 29 heavy (non-hydrogen) atoms. The van der Waals surface area contributed by atoms with Crippen LogP contribution in [0.4, 0.5) is 13.2 Å². The Morgan fingerprint density at radius 1 is 1.34 bits per heavy atom. The highest BCUT2D eigenvalue weighted by Crippen LogP contribution is 2.35. The number of carboxylic acid groups (broad SMARTS) is 1. The zero-order valence-corrected chi connectivity index (χ0v) is 16.8. The van der Waals surface area contributed by atoms with E-state index in [-0.39, 0.29) is 11.6 Å². The van der Waals surface area contributed by atoms with Crippen molar-refractivity contribution in [2.75, 3.05) is 26.0 Å². The molecule has 0 aromatic heterocycles. The lowest BCUT2D eigenvalue weighted by atomic mass is 9.90. The summed E-state index contributed by atoms with van der Waals surface area (Å²) in [4.78, 5) is 11.3. The number of likely N-dealkylation sites (tertiary alicyclic amines) is 1. The highest BCUT2D eigenvalue weighted by molar-refractivity contribution is 7.88. The van der Waals surface area contributed by atoms with Crippen LogP contribution in [-0.4, -0.2) is 68.2 Å². The summed E-state index contributed by atoms with van der Waals surface area (Å²) in [6.07, 6.45) is -1.36.